The highest BCUT2D eigenvalue weighted by atomic mass is 35.5. The minimum atomic E-state index is -0.271. The first kappa shape index (κ1) is 21.3. The number of pyridine rings is 1. The molecule has 158 valence electrons. The van der Waals surface area contributed by atoms with Crippen molar-refractivity contribution in [1.82, 2.24) is 15.3 Å². The number of anilines is 1. The highest BCUT2D eigenvalue weighted by Crippen LogP contribution is 2.35. The van der Waals surface area contributed by atoms with Gasteiger partial charge in [-0.05, 0) is 24.3 Å². The molecule has 0 aliphatic heterocycles. The molecule has 4 aromatic rings. The molecular weight excluding hydrogens is 428 g/mol. The predicted octanol–water partition coefficient (Wildman–Crippen LogP) is 6.63. The van der Waals surface area contributed by atoms with Gasteiger partial charge in [0.1, 0.15) is 0 Å². The summed E-state index contributed by atoms with van der Waals surface area (Å²) in [5.41, 5.74) is 2.45. The number of fused-ring (bicyclic) bond motifs is 1. The van der Waals surface area contributed by atoms with E-state index in [4.69, 9.17) is 16.6 Å². The van der Waals surface area contributed by atoms with E-state index < -0.39 is 0 Å². The summed E-state index contributed by atoms with van der Waals surface area (Å²) in [6, 6.07) is 15.0. The van der Waals surface area contributed by atoms with Crippen LogP contribution < -0.4 is 10.6 Å². The first-order valence-corrected chi connectivity index (χ1v) is 11.1. The first-order chi connectivity index (χ1) is 14.8. The van der Waals surface area contributed by atoms with Crippen LogP contribution in [0.1, 0.15) is 30.7 Å². The van der Waals surface area contributed by atoms with E-state index in [1.54, 1.807) is 23.7 Å². The summed E-state index contributed by atoms with van der Waals surface area (Å²) < 4.78 is 0. The van der Waals surface area contributed by atoms with Crippen LogP contribution in [0.15, 0.2) is 60.9 Å². The molecule has 31 heavy (non-hydrogen) atoms. The van der Waals surface area contributed by atoms with E-state index in [1.807, 2.05) is 48.5 Å². The number of aromatic nitrogens is 2. The Morgan fingerprint density at radius 1 is 1.13 bits per heavy atom. The fourth-order valence-corrected chi connectivity index (χ4v) is 4.48. The number of thiazole rings is 1. The van der Waals surface area contributed by atoms with Gasteiger partial charge in [-0.2, -0.15) is 0 Å². The molecule has 0 aliphatic rings. The number of hydrogen-bond donors (Lipinski definition) is 2. The summed E-state index contributed by atoms with van der Waals surface area (Å²) in [5.74, 6) is 0. The molecule has 0 aliphatic carbocycles. The Kier molecular flexibility index (Phi) is 5.94. The van der Waals surface area contributed by atoms with Gasteiger partial charge in [0, 0.05) is 39.2 Å². The third-order valence-corrected chi connectivity index (χ3v) is 6.49. The molecule has 2 aromatic carbocycles. The van der Waals surface area contributed by atoms with E-state index in [2.05, 4.69) is 36.4 Å². The summed E-state index contributed by atoms with van der Waals surface area (Å²) in [4.78, 5) is 22.7. The van der Waals surface area contributed by atoms with E-state index >= 15 is 0 Å². The minimum Gasteiger partial charge on any atom is -0.333 e. The van der Waals surface area contributed by atoms with Gasteiger partial charge in [0.05, 0.1) is 27.8 Å². The van der Waals surface area contributed by atoms with Gasteiger partial charge >= 0.3 is 6.03 Å². The van der Waals surface area contributed by atoms with Gasteiger partial charge in [0.25, 0.3) is 0 Å². The predicted molar refractivity (Wildman–Crippen MR) is 129 cm³/mol. The largest absolute Gasteiger partial charge is 0.333 e. The Hall–Kier alpha value is -2.96. The topological polar surface area (TPSA) is 66.9 Å². The molecule has 0 unspecified atom stereocenters. The second-order valence-electron chi connectivity index (χ2n) is 8.26. The quantitative estimate of drug-likeness (QED) is 0.366. The number of nitrogens with one attached hydrogen (secondary N) is 2. The maximum Gasteiger partial charge on any atom is 0.319 e. The lowest BCUT2D eigenvalue weighted by molar-refractivity contribution is 0.252. The lowest BCUT2D eigenvalue weighted by Crippen LogP contribution is -2.28. The average Bonchev–Trinajstić information content (AvgIpc) is 3.17. The highest BCUT2D eigenvalue weighted by Gasteiger charge is 2.22. The van der Waals surface area contributed by atoms with Gasteiger partial charge < -0.3 is 10.6 Å². The number of halogens is 1. The second kappa shape index (κ2) is 8.65. The van der Waals surface area contributed by atoms with Crippen LogP contribution in [-0.2, 0) is 12.0 Å². The van der Waals surface area contributed by atoms with E-state index in [1.165, 1.54) is 0 Å². The number of amides is 2. The molecule has 0 bridgehead atoms. The zero-order valence-electron chi connectivity index (χ0n) is 17.6. The smallest absolute Gasteiger partial charge is 0.319 e. The van der Waals surface area contributed by atoms with Crippen LogP contribution in [0, 0.1) is 0 Å². The Morgan fingerprint density at radius 2 is 1.94 bits per heavy atom. The van der Waals surface area contributed by atoms with Crippen LogP contribution in [0.2, 0.25) is 5.02 Å². The molecule has 7 heteroatoms. The van der Waals surface area contributed by atoms with Crippen molar-refractivity contribution in [2.45, 2.75) is 32.7 Å². The van der Waals surface area contributed by atoms with Crippen molar-refractivity contribution in [2.75, 3.05) is 5.32 Å². The molecule has 0 fully saturated rings. The van der Waals surface area contributed by atoms with Crippen molar-refractivity contribution in [3.05, 3.63) is 75.8 Å². The number of urea groups is 1. The Morgan fingerprint density at radius 3 is 2.71 bits per heavy atom. The molecule has 0 spiro atoms. The van der Waals surface area contributed by atoms with Gasteiger partial charge in [-0.1, -0.05) is 56.6 Å². The standard InChI is InChI=1S/C24H23ClN4OS/c1-24(2,3)22-29-21(15-6-4-8-17(25)12-15)20(31-22)14-27-23(30)28-19-9-5-7-16-13-26-11-10-18(16)19/h4-13H,14H2,1-3H3,(H2,27,28,30). The Bertz CT molecular complexity index is 1240. The van der Waals surface area contributed by atoms with Crippen molar-refractivity contribution in [3.8, 4) is 11.3 Å². The van der Waals surface area contributed by atoms with Crippen LogP contribution in [0.5, 0.6) is 0 Å². The van der Waals surface area contributed by atoms with Gasteiger partial charge in [0.2, 0.25) is 0 Å². The van der Waals surface area contributed by atoms with Gasteiger partial charge in [-0.25, -0.2) is 9.78 Å². The van der Waals surface area contributed by atoms with Crippen LogP contribution in [-0.4, -0.2) is 16.0 Å². The van der Waals surface area contributed by atoms with Gasteiger partial charge in [0.15, 0.2) is 0 Å². The Balaban J connectivity index is 1.56. The number of rotatable bonds is 4. The van der Waals surface area contributed by atoms with E-state index in [9.17, 15) is 4.79 Å². The minimum absolute atomic E-state index is 0.0878. The summed E-state index contributed by atoms with van der Waals surface area (Å²) >= 11 is 7.81. The SMILES string of the molecule is CC(C)(C)c1nc(-c2cccc(Cl)c2)c(CNC(=O)Nc2cccc3cnccc23)s1. The summed E-state index contributed by atoms with van der Waals surface area (Å²) in [7, 11) is 0. The molecule has 2 heterocycles. The van der Waals surface area contributed by atoms with E-state index in [0.717, 1.165) is 37.6 Å². The molecule has 0 saturated heterocycles. The second-order valence-corrected chi connectivity index (χ2v) is 9.78. The lowest BCUT2D eigenvalue weighted by Gasteiger charge is -2.13. The summed E-state index contributed by atoms with van der Waals surface area (Å²) in [5, 5.41) is 9.51. The molecule has 2 N–H and O–H groups in total. The summed E-state index contributed by atoms with van der Waals surface area (Å²) in [6.45, 7) is 6.76. The highest BCUT2D eigenvalue weighted by molar-refractivity contribution is 7.12. The lowest BCUT2D eigenvalue weighted by atomic mass is 9.98. The van der Waals surface area contributed by atoms with E-state index in [-0.39, 0.29) is 11.4 Å². The average molecular weight is 451 g/mol. The van der Waals surface area contributed by atoms with Crippen LogP contribution in [0.4, 0.5) is 10.5 Å². The molecule has 0 radical (unpaired) electrons. The number of nitrogens with zero attached hydrogens (tertiary/aromatic N) is 2. The molecule has 0 atom stereocenters. The van der Waals surface area contributed by atoms with Crippen LogP contribution >= 0.6 is 22.9 Å². The first-order valence-electron chi connectivity index (χ1n) is 9.95. The fraction of sp³-hybridized carbons (Fsp3) is 0.208. The van der Waals surface area contributed by atoms with Crippen molar-refractivity contribution >= 4 is 45.4 Å². The monoisotopic (exact) mass is 450 g/mol. The van der Waals surface area contributed by atoms with E-state index in [0.29, 0.717) is 11.6 Å². The van der Waals surface area contributed by atoms with Gasteiger partial charge in [-0.3, -0.25) is 4.98 Å². The normalized spacial score (nSPS) is 11.5. The van der Waals surface area contributed by atoms with Crippen LogP contribution in [0.25, 0.3) is 22.0 Å². The third-order valence-electron chi connectivity index (χ3n) is 4.78. The van der Waals surface area contributed by atoms with Crippen LogP contribution in [0.3, 0.4) is 0 Å². The number of carbonyl (C=O) groups is 1. The molecule has 4 rings (SSSR count). The molecule has 5 nitrogen and oxygen atoms in total. The van der Waals surface area contributed by atoms with Crippen molar-refractivity contribution < 1.29 is 4.79 Å². The van der Waals surface area contributed by atoms with Gasteiger partial charge in [-0.15, -0.1) is 11.3 Å². The summed E-state index contributed by atoms with van der Waals surface area (Å²) in [6.07, 6.45) is 3.50. The Labute approximate surface area is 190 Å². The number of hydrogen-bond acceptors (Lipinski definition) is 4. The maximum atomic E-state index is 12.7. The van der Waals surface area contributed by atoms with Crippen molar-refractivity contribution in [2.24, 2.45) is 0 Å². The molecule has 0 saturated carbocycles. The van der Waals surface area contributed by atoms with Crippen molar-refractivity contribution in [1.29, 1.82) is 0 Å². The molecular formula is C24H23ClN4OS. The fourth-order valence-electron chi connectivity index (χ4n) is 3.21. The zero-order valence-corrected chi connectivity index (χ0v) is 19.1. The third kappa shape index (κ3) is 4.86. The number of benzene rings is 2. The number of carbonyl (C=O) groups excluding carboxylic acids is 1. The maximum absolute atomic E-state index is 12.7. The zero-order chi connectivity index (χ0) is 22.0. The van der Waals surface area contributed by atoms with Crippen molar-refractivity contribution in [3.63, 3.8) is 0 Å². The molecule has 2 amide bonds. The molecule has 2 aromatic heterocycles.